The zero-order valence-electron chi connectivity index (χ0n) is 18.8. The van der Waals surface area contributed by atoms with E-state index >= 15 is 0 Å². The lowest BCUT2D eigenvalue weighted by atomic mass is 9.76. The second-order valence-electron chi connectivity index (χ2n) is 8.57. The number of amides is 1. The van der Waals surface area contributed by atoms with E-state index in [0.717, 1.165) is 25.7 Å². The van der Waals surface area contributed by atoms with E-state index in [1.807, 2.05) is 0 Å². The van der Waals surface area contributed by atoms with Gasteiger partial charge in [0.15, 0.2) is 0 Å². The lowest BCUT2D eigenvalue weighted by Gasteiger charge is -2.34. The van der Waals surface area contributed by atoms with Crippen LogP contribution in [0.15, 0.2) is 0 Å². The van der Waals surface area contributed by atoms with Gasteiger partial charge in [-0.25, -0.2) is 0 Å². The van der Waals surface area contributed by atoms with Crippen molar-refractivity contribution in [1.82, 2.24) is 5.32 Å². The van der Waals surface area contributed by atoms with Crippen molar-refractivity contribution in [2.75, 3.05) is 33.5 Å². The Kier molecular flexibility index (Phi) is 12.0. The van der Waals surface area contributed by atoms with Gasteiger partial charge in [0.25, 0.3) is 0 Å². The lowest BCUT2D eigenvalue weighted by molar-refractivity contribution is -0.149. The maximum absolute atomic E-state index is 13.2. The van der Waals surface area contributed by atoms with E-state index in [4.69, 9.17) is 14.2 Å². The average molecular weight is 446 g/mol. The molecule has 0 heterocycles. The molecule has 2 saturated carbocycles. The minimum absolute atomic E-state index is 0. The van der Waals surface area contributed by atoms with Crippen molar-refractivity contribution in [2.45, 2.75) is 70.8 Å². The first-order valence-corrected chi connectivity index (χ1v) is 11.2. The second-order valence-corrected chi connectivity index (χ2v) is 8.57. The number of nitrogens with one attached hydrogen (secondary N) is 1. The zero-order chi connectivity index (χ0) is 22.0. The van der Waals surface area contributed by atoms with Gasteiger partial charge in [-0.2, -0.15) is 0 Å². The summed E-state index contributed by atoms with van der Waals surface area (Å²) in [5.41, 5.74) is -0.647. The van der Waals surface area contributed by atoms with Gasteiger partial charge in [-0.1, -0.05) is 12.8 Å². The van der Waals surface area contributed by atoms with E-state index in [1.165, 1.54) is 0 Å². The van der Waals surface area contributed by atoms with Crippen LogP contribution in [-0.2, 0) is 28.6 Å². The van der Waals surface area contributed by atoms with Crippen LogP contribution < -0.4 is 5.32 Å². The Hall–Kier alpha value is -1.71. The first kappa shape index (κ1) is 27.3. The number of esters is 1. The Labute approximate surface area is 184 Å². The molecule has 0 aromatic heterocycles. The van der Waals surface area contributed by atoms with E-state index in [9.17, 15) is 19.5 Å². The minimum Gasteiger partial charge on any atom is -0.481 e. The molecule has 2 aliphatic carbocycles. The summed E-state index contributed by atoms with van der Waals surface area (Å²) in [7, 11) is 1.57. The summed E-state index contributed by atoms with van der Waals surface area (Å²) in [5.74, 6) is -1.92. The highest BCUT2D eigenvalue weighted by Gasteiger charge is 2.45. The number of ether oxygens (including phenoxy) is 3. The van der Waals surface area contributed by atoms with Gasteiger partial charge in [-0.3, -0.25) is 14.4 Å². The minimum atomic E-state index is -0.929. The maximum atomic E-state index is 13.2. The number of methoxy groups -OCH3 is 1. The fourth-order valence-corrected chi connectivity index (χ4v) is 4.70. The van der Waals surface area contributed by atoms with Gasteiger partial charge in [0.2, 0.25) is 5.91 Å². The van der Waals surface area contributed by atoms with E-state index in [0.29, 0.717) is 51.9 Å². The molecule has 1 amide bonds. The number of carboxylic acid groups (broad SMARTS) is 1. The SMILES string of the molecule is CCOC(=O)C1CCC(NC(=O)C2(CC(COCCOC)C(=O)O)CCCC2)CC1.O. The van der Waals surface area contributed by atoms with Crippen LogP contribution in [0, 0.1) is 17.3 Å². The monoisotopic (exact) mass is 445 g/mol. The van der Waals surface area contributed by atoms with Crippen LogP contribution in [0.3, 0.4) is 0 Å². The van der Waals surface area contributed by atoms with Crippen molar-refractivity contribution in [1.29, 1.82) is 0 Å². The number of hydrogen-bond acceptors (Lipinski definition) is 6. The van der Waals surface area contributed by atoms with Crippen LogP contribution in [0.4, 0.5) is 0 Å². The van der Waals surface area contributed by atoms with Crippen molar-refractivity contribution in [2.24, 2.45) is 17.3 Å². The summed E-state index contributed by atoms with van der Waals surface area (Å²) < 4.78 is 15.5. The molecule has 1 unspecified atom stereocenters. The molecule has 2 rings (SSSR count). The molecule has 2 fully saturated rings. The molecule has 0 aromatic rings. The molecular formula is C22H39NO8. The van der Waals surface area contributed by atoms with Gasteiger partial charge in [0, 0.05) is 13.2 Å². The molecule has 31 heavy (non-hydrogen) atoms. The predicted octanol–water partition coefficient (Wildman–Crippen LogP) is 1.71. The molecule has 0 aliphatic heterocycles. The molecular weight excluding hydrogens is 406 g/mol. The third-order valence-corrected chi connectivity index (χ3v) is 6.46. The third-order valence-electron chi connectivity index (χ3n) is 6.46. The molecule has 9 heteroatoms. The lowest BCUT2D eigenvalue weighted by Crippen LogP contribution is -2.47. The number of carbonyl (C=O) groups excluding carboxylic acids is 2. The second kappa shape index (κ2) is 13.6. The smallest absolute Gasteiger partial charge is 0.308 e. The number of carboxylic acids is 1. The fraction of sp³-hybridized carbons (Fsp3) is 0.864. The van der Waals surface area contributed by atoms with Gasteiger partial charge in [-0.05, 0) is 51.9 Å². The molecule has 0 aromatic carbocycles. The highest BCUT2D eigenvalue weighted by Crippen LogP contribution is 2.44. The zero-order valence-corrected chi connectivity index (χ0v) is 18.8. The van der Waals surface area contributed by atoms with Crippen molar-refractivity contribution in [3.05, 3.63) is 0 Å². The Balaban J connectivity index is 0.00000480. The molecule has 180 valence electrons. The quantitative estimate of drug-likeness (QED) is 0.344. The van der Waals surface area contributed by atoms with Gasteiger partial charge >= 0.3 is 11.9 Å². The number of hydrogen-bond donors (Lipinski definition) is 2. The summed E-state index contributed by atoms with van der Waals surface area (Å²) in [6.45, 7) is 3.02. The van der Waals surface area contributed by atoms with Crippen molar-refractivity contribution < 1.29 is 39.2 Å². The molecule has 0 saturated heterocycles. The largest absolute Gasteiger partial charge is 0.481 e. The van der Waals surface area contributed by atoms with Gasteiger partial charge in [0.1, 0.15) is 0 Å². The summed E-state index contributed by atoms with van der Waals surface area (Å²) in [6, 6.07) is 0.0295. The third kappa shape index (κ3) is 8.05. The fourth-order valence-electron chi connectivity index (χ4n) is 4.70. The van der Waals surface area contributed by atoms with Crippen molar-refractivity contribution in [3.63, 3.8) is 0 Å². The Morgan fingerprint density at radius 1 is 1.10 bits per heavy atom. The molecule has 0 bridgehead atoms. The molecule has 1 atom stereocenters. The maximum Gasteiger partial charge on any atom is 0.308 e. The van der Waals surface area contributed by atoms with Crippen molar-refractivity contribution >= 4 is 17.8 Å². The van der Waals surface area contributed by atoms with E-state index in [1.54, 1.807) is 14.0 Å². The Morgan fingerprint density at radius 3 is 2.29 bits per heavy atom. The van der Waals surface area contributed by atoms with Gasteiger partial charge in [0.05, 0.1) is 43.7 Å². The van der Waals surface area contributed by atoms with Gasteiger partial charge in [-0.15, -0.1) is 0 Å². The average Bonchev–Trinajstić information content (AvgIpc) is 3.21. The van der Waals surface area contributed by atoms with E-state index in [2.05, 4.69) is 5.32 Å². The molecule has 2 aliphatic rings. The first-order chi connectivity index (χ1) is 14.4. The van der Waals surface area contributed by atoms with E-state index < -0.39 is 17.3 Å². The highest BCUT2D eigenvalue weighted by molar-refractivity contribution is 5.84. The molecule has 0 spiro atoms. The normalized spacial score (nSPS) is 23.4. The summed E-state index contributed by atoms with van der Waals surface area (Å²) in [4.78, 5) is 36.9. The van der Waals surface area contributed by atoms with E-state index in [-0.39, 0.29) is 35.9 Å². The number of rotatable bonds is 12. The summed E-state index contributed by atoms with van der Waals surface area (Å²) in [6.07, 6.45) is 6.47. The molecule has 9 nitrogen and oxygen atoms in total. The number of aliphatic carboxylic acids is 1. The highest BCUT2D eigenvalue weighted by atomic mass is 16.5. The van der Waals surface area contributed by atoms with Crippen LogP contribution in [0.5, 0.6) is 0 Å². The van der Waals surface area contributed by atoms with Crippen LogP contribution in [0.1, 0.15) is 64.7 Å². The molecule has 4 N–H and O–H groups in total. The van der Waals surface area contributed by atoms with Crippen LogP contribution in [0.2, 0.25) is 0 Å². The van der Waals surface area contributed by atoms with Gasteiger partial charge < -0.3 is 30.1 Å². The van der Waals surface area contributed by atoms with Crippen LogP contribution in [-0.4, -0.2) is 68.0 Å². The predicted molar refractivity (Wildman–Crippen MR) is 113 cm³/mol. The van der Waals surface area contributed by atoms with Crippen LogP contribution >= 0.6 is 0 Å². The van der Waals surface area contributed by atoms with Crippen LogP contribution in [0.25, 0.3) is 0 Å². The molecule has 0 radical (unpaired) electrons. The summed E-state index contributed by atoms with van der Waals surface area (Å²) in [5, 5.41) is 12.8. The Morgan fingerprint density at radius 2 is 1.74 bits per heavy atom. The standard InChI is InChI=1S/C22H37NO7.H2O/c1-3-30-20(26)16-6-8-18(9-7-16)23-21(27)22(10-4-5-11-22)14-17(19(24)25)15-29-13-12-28-2;/h16-18H,3-15H2,1-2H3,(H,23,27)(H,24,25);1H2. The van der Waals surface area contributed by atoms with Crippen molar-refractivity contribution in [3.8, 4) is 0 Å². The topological polar surface area (TPSA) is 143 Å². The Bertz CT molecular complexity index is 568. The number of carbonyl (C=O) groups is 3. The summed E-state index contributed by atoms with van der Waals surface area (Å²) >= 11 is 0. The first-order valence-electron chi connectivity index (χ1n) is 11.2.